The lowest BCUT2D eigenvalue weighted by atomic mass is 10.0. The predicted molar refractivity (Wildman–Crippen MR) is 187 cm³/mol. The van der Waals surface area contributed by atoms with E-state index in [1.165, 1.54) is 12.1 Å². The van der Waals surface area contributed by atoms with Crippen LogP contribution < -0.4 is 38.1 Å². The molecule has 1 aliphatic rings. The molecule has 278 valence electrons. The lowest BCUT2D eigenvalue weighted by Gasteiger charge is -2.27. The second-order valence-corrected chi connectivity index (χ2v) is 13.1. The minimum absolute atomic E-state index is 0.00196. The van der Waals surface area contributed by atoms with Crippen LogP contribution in [0.25, 0.3) is 0 Å². The molecule has 1 aromatic rings. The number of phenolic OH excluding ortho intramolecular Hbond substituents is 1. The number of rotatable bonds is 16. The number of nitrogens with one attached hydrogen (secondary N) is 5. The van der Waals surface area contributed by atoms with Gasteiger partial charge in [-0.3, -0.25) is 24.0 Å². The van der Waals surface area contributed by atoms with Crippen LogP contribution in [-0.4, -0.2) is 88.5 Å². The maximum Gasteiger partial charge on any atom is 0.326 e. The van der Waals surface area contributed by atoms with E-state index in [-0.39, 0.29) is 43.8 Å². The van der Waals surface area contributed by atoms with Gasteiger partial charge < -0.3 is 48.3 Å². The molecule has 50 heavy (non-hydrogen) atoms. The highest BCUT2D eigenvalue weighted by Crippen LogP contribution is 2.14. The van der Waals surface area contributed by atoms with Crippen LogP contribution in [-0.2, 0) is 35.2 Å². The molecule has 0 aliphatic carbocycles. The van der Waals surface area contributed by atoms with Crippen molar-refractivity contribution in [1.29, 1.82) is 0 Å². The van der Waals surface area contributed by atoms with Gasteiger partial charge in [0.05, 0.1) is 6.04 Å². The first-order valence-electron chi connectivity index (χ1n) is 17.4. The molecule has 0 radical (unpaired) electrons. The quantitative estimate of drug-likeness (QED) is 0.0851. The number of aromatic hydroxyl groups is 1. The Morgan fingerprint density at radius 2 is 1.46 bits per heavy atom. The zero-order chi connectivity index (χ0) is 37.2. The average Bonchev–Trinajstić information content (AvgIpc) is 3.06. The number of benzene rings is 1. The van der Waals surface area contributed by atoms with Crippen molar-refractivity contribution in [3.05, 3.63) is 42.0 Å². The molecule has 1 heterocycles. The van der Waals surface area contributed by atoms with Gasteiger partial charge in [0.15, 0.2) is 0 Å². The summed E-state index contributed by atoms with van der Waals surface area (Å²) in [6.45, 7) is 5.95. The molecule has 0 aromatic heterocycles. The number of carboxylic acids is 1. The molecule has 0 saturated carbocycles. The molecule has 0 fully saturated rings. The topological polar surface area (TPSA) is 255 Å². The van der Waals surface area contributed by atoms with Crippen molar-refractivity contribution in [3.63, 3.8) is 0 Å². The van der Waals surface area contributed by atoms with E-state index in [0.717, 1.165) is 6.42 Å². The molecule has 0 spiro atoms. The van der Waals surface area contributed by atoms with Gasteiger partial charge in [0.1, 0.15) is 36.0 Å². The molecule has 15 nitrogen and oxygen atoms in total. The minimum Gasteiger partial charge on any atom is -0.508 e. The second-order valence-electron chi connectivity index (χ2n) is 13.1. The minimum atomic E-state index is -1.26. The Kier molecular flexibility index (Phi) is 18.0. The lowest BCUT2D eigenvalue weighted by Crippen LogP contribution is -2.59. The largest absolute Gasteiger partial charge is 0.508 e. The van der Waals surface area contributed by atoms with Crippen molar-refractivity contribution >= 4 is 35.5 Å². The number of carboxylic acid groups (broad SMARTS) is 1. The van der Waals surface area contributed by atoms with Crippen molar-refractivity contribution < 1.29 is 39.0 Å². The number of hydrogen-bond donors (Lipinski definition) is 9. The maximum atomic E-state index is 13.9. The molecule has 1 aromatic carbocycles. The number of hydrogen-bond acceptors (Lipinski definition) is 9. The highest BCUT2D eigenvalue weighted by Gasteiger charge is 2.33. The third-order valence-corrected chi connectivity index (χ3v) is 8.29. The van der Waals surface area contributed by atoms with Gasteiger partial charge in [-0.2, -0.15) is 0 Å². The van der Waals surface area contributed by atoms with E-state index in [0.29, 0.717) is 37.8 Å². The van der Waals surface area contributed by atoms with Gasteiger partial charge >= 0.3 is 5.97 Å². The Hall–Kier alpha value is -4.50. The molecule has 11 N–H and O–H groups in total. The highest BCUT2D eigenvalue weighted by atomic mass is 16.4. The molecular formula is C35H55N7O8. The van der Waals surface area contributed by atoms with E-state index >= 15 is 0 Å². The fraction of sp³-hybridized carbons (Fsp3) is 0.600. The van der Waals surface area contributed by atoms with Crippen molar-refractivity contribution in [3.8, 4) is 5.75 Å². The van der Waals surface area contributed by atoms with Gasteiger partial charge in [-0.25, -0.2) is 4.79 Å². The van der Waals surface area contributed by atoms with Gasteiger partial charge in [-0.05, 0) is 75.1 Å². The first-order chi connectivity index (χ1) is 23.7. The predicted octanol–water partition coefficient (Wildman–Crippen LogP) is 0.486. The van der Waals surface area contributed by atoms with Crippen molar-refractivity contribution in [1.82, 2.24) is 26.6 Å². The SMILES string of the molecule is CCCC[C@@H]1NC(=O)[C@@H](N)C/C=C/C[C@@H](C(=O)N[C@@H](Cc2ccc(O)cc2)C(=O)N[C@@H](CC(C)C)C(=O)O)NC(=O)[C@H](CCCCN)NC1=O. The first-order valence-corrected chi connectivity index (χ1v) is 17.4. The summed E-state index contributed by atoms with van der Waals surface area (Å²) in [7, 11) is 0. The van der Waals surface area contributed by atoms with Crippen LogP contribution in [0, 0.1) is 5.92 Å². The smallest absolute Gasteiger partial charge is 0.326 e. The lowest BCUT2D eigenvalue weighted by molar-refractivity contribution is -0.142. The van der Waals surface area contributed by atoms with Crippen LogP contribution in [0.5, 0.6) is 5.75 Å². The maximum absolute atomic E-state index is 13.9. The number of carbonyl (C=O) groups is 6. The Morgan fingerprint density at radius 3 is 2.06 bits per heavy atom. The van der Waals surface area contributed by atoms with Crippen LogP contribution >= 0.6 is 0 Å². The molecule has 0 bridgehead atoms. The second kappa shape index (κ2) is 21.6. The van der Waals surface area contributed by atoms with Crippen LogP contribution in [0.1, 0.15) is 84.1 Å². The van der Waals surface area contributed by atoms with Gasteiger partial charge in [0.25, 0.3) is 0 Å². The fourth-order valence-corrected chi connectivity index (χ4v) is 5.39. The molecular weight excluding hydrogens is 646 g/mol. The summed E-state index contributed by atoms with van der Waals surface area (Å²) >= 11 is 0. The monoisotopic (exact) mass is 701 g/mol. The summed E-state index contributed by atoms with van der Waals surface area (Å²) in [5.41, 5.74) is 12.3. The summed E-state index contributed by atoms with van der Waals surface area (Å²) in [4.78, 5) is 79.3. The van der Waals surface area contributed by atoms with Crippen molar-refractivity contribution in [2.45, 2.75) is 121 Å². The van der Waals surface area contributed by atoms with Crippen LogP contribution in [0.4, 0.5) is 0 Å². The third-order valence-electron chi connectivity index (χ3n) is 8.29. The van der Waals surface area contributed by atoms with Crippen LogP contribution in [0.2, 0.25) is 0 Å². The Labute approximate surface area is 293 Å². The van der Waals surface area contributed by atoms with E-state index in [1.807, 2.05) is 20.8 Å². The van der Waals surface area contributed by atoms with Crippen molar-refractivity contribution in [2.75, 3.05) is 6.54 Å². The van der Waals surface area contributed by atoms with E-state index in [9.17, 15) is 39.0 Å². The zero-order valence-corrected chi connectivity index (χ0v) is 29.3. The highest BCUT2D eigenvalue weighted by molar-refractivity contribution is 5.96. The normalized spacial score (nSPS) is 22.2. The number of unbranched alkanes of at least 4 members (excludes halogenated alkanes) is 2. The fourth-order valence-electron chi connectivity index (χ4n) is 5.39. The average molecular weight is 702 g/mol. The molecule has 1 aliphatic heterocycles. The summed E-state index contributed by atoms with van der Waals surface area (Å²) < 4.78 is 0. The van der Waals surface area contributed by atoms with Gasteiger partial charge in [-0.15, -0.1) is 0 Å². The molecule has 5 amide bonds. The van der Waals surface area contributed by atoms with Gasteiger partial charge in [0, 0.05) is 6.42 Å². The van der Waals surface area contributed by atoms with E-state index in [1.54, 1.807) is 24.3 Å². The number of phenols is 1. The number of amides is 5. The molecule has 15 heteroatoms. The number of nitrogens with two attached hydrogens (primary N) is 2. The van der Waals surface area contributed by atoms with Crippen LogP contribution in [0.15, 0.2) is 36.4 Å². The summed E-state index contributed by atoms with van der Waals surface area (Å²) in [5.74, 6) is -4.48. The summed E-state index contributed by atoms with van der Waals surface area (Å²) in [6.07, 6.45) is 6.39. The van der Waals surface area contributed by atoms with E-state index in [2.05, 4.69) is 26.6 Å². The Balaban J connectivity index is 2.43. The molecule has 6 atom stereocenters. The summed E-state index contributed by atoms with van der Waals surface area (Å²) in [6, 6.07) is -0.669. The molecule has 0 saturated heterocycles. The Bertz CT molecular complexity index is 1320. The van der Waals surface area contributed by atoms with Gasteiger partial charge in [0.2, 0.25) is 29.5 Å². The number of aliphatic carboxylic acids is 1. The number of carbonyl (C=O) groups excluding carboxylic acids is 5. The summed E-state index contributed by atoms with van der Waals surface area (Å²) in [5, 5.41) is 32.8. The van der Waals surface area contributed by atoms with Crippen molar-refractivity contribution in [2.24, 2.45) is 17.4 Å². The standard InChI is InChI=1S/C35H55N7O8/c1-4-5-11-25-31(45)40-27(13-8-9-18-36)32(46)39-26(12-7-6-10-24(37)30(44)38-25)33(47)41-28(20-22-14-16-23(43)17-15-22)34(48)42-29(35(49)50)19-21(2)3/h6-7,14-17,21,24-29,43H,4-5,8-13,18-20,36-37H2,1-3H3,(H,38,44)(H,39,46)(H,40,45)(H,41,47)(H,42,48)(H,49,50)/b7-6+/t24-,25-,26-,27-,28-,29-/m0/s1. The first kappa shape index (κ1) is 41.7. The zero-order valence-electron chi connectivity index (χ0n) is 29.3. The van der Waals surface area contributed by atoms with Crippen LogP contribution in [0.3, 0.4) is 0 Å². The third kappa shape index (κ3) is 14.5. The van der Waals surface area contributed by atoms with E-state index in [4.69, 9.17) is 11.5 Å². The Morgan fingerprint density at radius 1 is 0.860 bits per heavy atom. The van der Waals surface area contributed by atoms with E-state index < -0.39 is 71.8 Å². The van der Waals surface area contributed by atoms with Gasteiger partial charge in [-0.1, -0.05) is 57.9 Å². The molecule has 0 unspecified atom stereocenters. The molecule has 2 rings (SSSR count).